The Morgan fingerprint density at radius 1 is 1.21 bits per heavy atom. The quantitative estimate of drug-likeness (QED) is 0.800. The van der Waals surface area contributed by atoms with Crippen molar-refractivity contribution < 1.29 is 13.2 Å². The van der Waals surface area contributed by atoms with Crippen LogP contribution in [0.4, 0.5) is 5.13 Å². The normalized spacial score (nSPS) is 20.4. The zero-order valence-electron chi connectivity index (χ0n) is 15.6. The number of aromatic nitrogens is 1. The molecule has 2 aliphatic rings. The van der Waals surface area contributed by atoms with E-state index in [1.807, 2.05) is 0 Å². The van der Waals surface area contributed by atoms with Crippen LogP contribution >= 0.6 is 11.3 Å². The summed E-state index contributed by atoms with van der Waals surface area (Å²) in [4.78, 5) is 22.9. The molecule has 4 rings (SSSR count). The maximum absolute atomic E-state index is 12.6. The first-order chi connectivity index (χ1) is 13.4. The number of carbonyl (C=O) groups is 1. The summed E-state index contributed by atoms with van der Waals surface area (Å²) in [5.41, 5.74) is 1.58. The lowest BCUT2D eigenvalue weighted by Gasteiger charge is -2.07. The van der Waals surface area contributed by atoms with Gasteiger partial charge < -0.3 is 5.32 Å². The molecule has 2 heterocycles. The maximum Gasteiger partial charge on any atom is 0.263 e. The molecule has 9 heteroatoms. The Balaban J connectivity index is 1.50. The van der Waals surface area contributed by atoms with Gasteiger partial charge in [0.1, 0.15) is 11.9 Å². The number of nitrogens with one attached hydrogen (secondary N) is 2. The first-order valence-corrected chi connectivity index (χ1v) is 11.7. The molecule has 1 aliphatic carbocycles. The van der Waals surface area contributed by atoms with Crippen molar-refractivity contribution in [2.24, 2.45) is 4.99 Å². The fourth-order valence-corrected chi connectivity index (χ4v) is 5.74. The van der Waals surface area contributed by atoms with Crippen LogP contribution in [0.15, 0.2) is 34.2 Å². The Morgan fingerprint density at radius 3 is 2.79 bits per heavy atom. The number of nitrogens with zero attached hydrogens (tertiary/aromatic N) is 2. The highest BCUT2D eigenvalue weighted by atomic mass is 32.2. The Labute approximate surface area is 168 Å². The van der Waals surface area contributed by atoms with E-state index in [2.05, 4.69) is 20.0 Å². The van der Waals surface area contributed by atoms with Gasteiger partial charge in [0.25, 0.3) is 15.9 Å². The van der Waals surface area contributed by atoms with Crippen molar-refractivity contribution in [3.8, 4) is 0 Å². The van der Waals surface area contributed by atoms with Gasteiger partial charge in [0, 0.05) is 10.4 Å². The predicted octanol–water partition coefficient (Wildman–Crippen LogP) is 2.87. The number of rotatable bonds is 3. The summed E-state index contributed by atoms with van der Waals surface area (Å²) in [6, 6.07) is 5.85. The zero-order valence-corrected chi connectivity index (χ0v) is 17.2. The molecular weight excluding hydrogens is 396 g/mol. The molecule has 2 N–H and O–H groups in total. The van der Waals surface area contributed by atoms with E-state index < -0.39 is 16.1 Å². The number of hydrogen-bond acceptors (Lipinski definition) is 6. The van der Waals surface area contributed by atoms with Gasteiger partial charge in [0.2, 0.25) is 0 Å². The fourth-order valence-electron chi connectivity index (χ4n) is 3.45. The largest absolute Gasteiger partial charge is 0.300 e. The third-order valence-corrected chi connectivity index (χ3v) is 7.41. The van der Waals surface area contributed by atoms with Crippen LogP contribution in [0.3, 0.4) is 0 Å². The molecule has 0 saturated heterocycles. The van der Waals surface area contributed by atoms with E-state index >= 15 is 0 Å². The van der Waals surface area contributed by atoms with Crippen LogP contribution in [0.2, 0.25) is 0 Å². The van der Waals surface area contributed by atoms with Crippen LogP contribution in [0.25, 0.3) is 0 Å². The zero-order chi connectivity index (χ0) is 19.7. The van der Waals surface area contributed by atoms with Crippen LogP contribution in [-0.4, -0.2) is 31.2 Å². The van der Waals surface area contributed by atoms with E-state index in [0.717, 1.165) is 31.4 Å². The molecular formula is C19H22N4O3S2. The fraction of sp³-hybridized carbons (Fsp3) is 0.421. The van der Waals surface area contributed by atoms with Crippen molar-refractivity contribution >= 4 is 38.2 Å². The van der Waals surface area contributed by atoms with Crippen molar-refractivity contribution in [1.29, 1.82) is 0 Å². The summed E-state index contributed by atoms with van der Waals surface area (Å²) in [5, 5.41) is 3.44. The monoisotopic (exact) mass is 418 g/mol. The van der Waals surface area contributed by atoms with Gasteiger partial charge in [-0.05, 0) is 44.7 Å². The van der Waals surface area contributed by atoms with Gasteiger partial charge in [-0.25, -0.2) is 13.4 Å². The van der Waals surface area contributed by atoms with Gasteiger partial charge in [-0.3, -0.25) is 14.5 Å². The van der Waals surface area contributed by atoms with E-state index in [1.54, 1.807) is 25.1 Å². The number of aryl methyl sites for hydroxylation is 2. The highest BCUT2D eigenvalue weighted by Crippen LogP contribution is 2.29. The second-order valence-electron chi connectivity index (χ2n) is 7.05. The van der Waals surface area contributed by atoms with Gasteiger partial charge in [-0.1, -0.05) is 25.0 Å². The van der Waals surface area contributed by atoms with Crippen molar-refractivity contribution in [3.05, 3.63) is 40.4 Å². The number of hydrogen-bond donors (Lipinski definition) is 2. The van der Waals surface area contributed by atoms with E-state index in [1.165, 1.54) is 35.1 Å². The van der Waals surface area contributed by atoms with E-state index in [9.17, 15) is 13.2 Å². The van der Waals surface area contributed by atoms with Crippen LogP contribution in [-0.2, 0) is 27.7 Å². The molecule has 0 bridgehead atoms. The molecule has 1 aliphatic heterocycles. The molecule has 148 valence electrons. The molecule has 28 heavy (non-hydrogen) atoms. The first kappa shape index (κ1) is 19.1. The minimum absolute atomic E-state index is 0.182. The first-order valence-electron chi connectivity index (χ1n) is 9.43. The Kier molecular flexibility index (Phi) is 5.20. The number of benzene rings is 1. The van der Waals surface area contributed by atoms with Crippen LogP contribution in [0, 0.1) is 0 Å². The van der Waals surface area contributed by atoms with E-state index in [4.69, 9.17) is 0 Å². The Hall–Kier alpha value is -2.26. The number of aliphatic imine (C=N–C) groups is 1. The van der Waals surface area contributed by atoms with Crippen LogP contribution in [0.1, 0.15) is 48.7 Å². The predicted molar refractivity (Wildman–Crippen MR) is 109 cm³/mol. The summed E-state index contributed by atoms with van der Waals surface area (Å²) >= 11 is 1.53. The second-order valence-corrected chi connectivity index (χ2v) is 9.78. The van der Waals surface area contributed by atoms with Crippen LogP contribution in [0.5, 0.6) is 0 Å². The molecule has 2 aromatic rings. The summed E-state index contributed by atoms with van der Waals surface area (Å²) in [5.74, 6) is -0.109. The topological polar surface area (TPSA) is 101 Å². The third-order valence-electron chi connectivity index (χ3n) is 4.94. The molecule has 1 amide bonds. The number of sulfonamides is 1. The molecule has 0 fully saturated rings. The van der Waals surface area contributed by atoms with Gasteiger partial charge in [0.05, 0.1) is 10.6 Å². The van der Waals surface area contributed by atoms with E-state index in [0.29, 0.717) is 10.7 Å². The minimum atomic E-state index is -3.62. The minimum Gasteiger partial charge on any atom is -0.300 e. The summed E-state index contributed by atoms with van der Waals surface area (Å²) in [7, 11) is -3.62. The maximum atomic E-state index is 12.6. The third kappa shape index (κ3) is 3.81. The molecule has 7 nitrogen and oxygen atoms in total. The average Bonchev–Trinajstić information content (AvgIpc) is 3.13. The van der Waals surface area contributed by atoms with Crippen molar-refractivity contribution in [3.63, 3.8) is 0 Å². The lowest BCUT2D eigenvalue weighted by Crippen LogP contribution is -2.28. The van der Waals surface area contributed by atoms with Gasteiger partial charge in [-0.15, -0.1) is 11.3 Å². The van der Waals surface area contributed by atoms with Gasteiger partial charge >= 0.3 is 0 Å². The Bertz CT molecular complexity index is 1020. The molecule has 0 saturated carbocycles. The smallest absolute Gasteiger partial charge is 0.263 e. The summed E-state index contributed by atoms with van der Waals surface area (Å²) < 4.78 is 26.8. The molecule has 0 radical (unpaired) electrons. The lowest BCUT2D eigenvalue weighted by atomic mass is 10.0. The van der Waals surface area contributed by atoms with Crippen molar-refractivity contribution in [1.82, 2.24) is 9.71 Å². The number of fused-ring (bicyclic) bond motifs is 2. The highest BCUT2D eigenvalue weighted by molar-refractivity contribution is 7.90. The summed E-state index contributed by atoms with van der Waals surface area (Å²) in [6.45, 7) is 1.64. The molecule has 1 aromatic carbocycles. The lowest BCUT2D eigenvalue weighted by molar-refractivity contribution is -0.117. The highest BCUT2D eigenvalue weighted by Gasteiger charge is 2.31. The Morgan fingerprint density at radius 2 is 1.96 bits per heavy atom. The van der Waals surface area contributed by atoms with Crippen molar-refractivity contribution in [2.75, 3.05) is 5.32 Å². The molecule has 0 unspecified atom stereocenters. The molecule has 0 spiro atoms. The number of amides is 1. The standard InChI is InChI=1S/C19H22N4O3S2/c1-12(20-17-13-8-6-7-11-16(13)28(25,26)23-17)18(24)22-19-21-14-9-4-2-3-5-10-15(14)27-19/h6-8,11-12H,2-5,9-10H2,1H3,(H,20,23)(H,21,22,24)/t12-/m0/s1. The summed E-state index contributed by atoms with van der Waals surface area (Å²) in [6.07, 6.45) is 6.73. The number of thiazole rings is 1. The number of amidine groups is 1. The molecule has 1 aromatic heterocycles. The van der Waals surface area contributed by atoms with Crippen LogP contribution < -0.4 is 10.0 Å². The van der Waals surface area contributed by atoms with Crippen molar-refractivity contribution in [2.45, 2.75) is 56.4 Å². The molecule has 1 atom stereocenters. The van der Waals surface area contributed by atoms with Gasteiger partial charge in [0.15, 0.2) is 5.13 Å². The van der Waals surface area contributed by atoms with E-state index in [-0.39, 0.29) is 16.6 Å². The number of anilines is 1. The average molecular weight is 419 g/mol. The van der Waals surface area contributed by atoms with Gasteiger partial charge in [-0.2, -0.15) is 0 Å². The SMILES string of the molecule is C[C@H](N=C1NS(=O)(=O)c2ccccc21)C(=O)Nc1nc2c(s1)CCCCCC2. The number of carbonyl (C=O) groups excluding carboxylic acids is 1. The second kappa shape index (κ2) is 7.63.